The molecule has 0 saturated heterocycles. The molecule has 0 aromatic heterocycles. The van der Waals surface area contributed by atoms with E-state index in [9.17, 15) is 0 Å². The Hall–Kier alpha value is -3.12. The maximum absolute atomic E-state index is 2.35. The van der Waals surface area contributed by atoms with E-state index in [1.54, 1.807) is 0 Å². The van der Waals surface area contributed by atoms with E-state index in [0.717, 1.165) is 12.8 Å². The Kier molecular flexibility index (Phi) is 5.86. The van der Waals surface area contributed by atoms with Crippen LogP contribution in [0, 0.1) is 27.7 Å². The standard InChI is InChI=1S/C30H30/c1-21-13-15-23(3)27(17-21)19-26-11-8-12-29(25-9-6-5-7-10-25)30(26)20-28-18-22(2)14-16-24(28)4/h5-18H,19-20H2,1-4H3. The topological polar surface area (TPSA) is 0 Å². The van der Waals surface area contributed by atoms with E-state index in [2.05, 4.69) is 113 Å². The van der Waals surface area contributed by atoms with Gasteiger partial charge in [0.15, 0.2) is 0 Å². The average Bonchev–Trinajstić information content (AvgIpc) is 2.75. The molecule has 0 amide bonds. The van der Waals surface area contributed by atoms with Gasteiger partial charge in [0.1, 0.15) is 0 Å². The summed E-state index contributed by atoms with van der Waals surface area (Å²) in [6.45, 7) is 8.81. The Balaban J connectivity index is 1.85. The summed E-state index contributed by atoms with van der Waals surface area (Å²) in [4.78, 5) is 0. The van der Waals surface area contributed by atoms with Gasteiger partial charge in [-0.1, -0.05) is 96.1 Å². The van der Waals surface area contributed by atoms with E-state index in [-0.39, 0.29) is 0 Å². The highest BCUT2D eigenvalue weighted by atomic mass is 14.2. The van der Waals surface area contributed by atoms with Crippen LogP contribution in [0.3, 0.4) is 0 Å². The Bertz CT molecular complexity index is 1170. The van der Waals surface area contributed by atoms with Crippen molar-refractivity contribution in [1.29, 1.82) is 0 Å². The Labute approximate surface area is 181 Å². The molecular formula is C30H30. The van der Waals surface area contributed by atoms with Crippen LogP contribution in [0.25, 0.3) is 11.1 Å². The largest absolute Gasteiger partial charge is 0.0622 e. The van der Waals surface area contributed by atoms with E-state index in [4.69, 9.17) is 0 Å². The third-order valence-corrected chi connectivity index (χ3v) is 6.12. The fourth-order valence-electron chi connectivity index (χ4n) is 4.27. The first-order valence-corrected chi connectivity index (χ1v) is 10.8. The third kappa shape index (κ3) is 4.39. The molecule has 0 atom stereocenters. The lowest BCUT2D eigenvalue weighted by Gasteiger charge is -2.18. The van der Waals surface area contributed by atoms with Crippen molar-refractivity contribution in [2.75, 3.05) is 0 Å². The lowest BCUT2D eigenvalue weighted by molar-refractivity contribution is 1.06. The zero-order valence-electron chi connectivity index (χ0n) is 18.5. The van der Waals surface area contributed by atoms with Gasteiger partial charge in [-0.15, -0.1) is 0 Å². The predicted octanol–water partition coefficient (Wildman–Crippen LogP) is 7.77. The van der Waals surface area contributed by atoms with E-state index < -0.39 is 0 Å². The molecule has 0 N–H and O–H groups in total. The average molecular weight is 391 g/mol. The number of hydrogen-bond donors (Lipinski definition) is 0. The van der Waals surface area contributed by atoms with Crippen LogP contribution < -0.4 is 0 Å². The fraction of sp³-hybridized carbons (Fsp3) is 0.200. The van der Waals surface area contributed by atoms with Crippen molar-refractivity contribution in [3.8, 4) is 11.1 Å². The Morgan fingerprint density at radius 2 is 1.10 bits per heavy atom. The molecule has 0 bridgehead atoms. The quantitative estimate of drug-likeness (QED) is 0.326. The molecule has 0 aliphatic heterocycles. The Morgan fingerprint density at radius 3 is 1.73 bits per heavy atom. The van der Waals surface area contributed by atoms with Gasteiger partial charge in [0.2, 0.25) is 0 Å². The van der Waals surface area contributed by atoms with Crippen LogP contribution >= 0.6 is 0 Å². The highest BCUT2D eigenvalue weighted by Gasteiger charge is 2.14. The smallest absolute Gasteiger partial charge is 0.00140 e. The summed E-state index contributed by atoms with van der Waals surface area (Å²) in [5.74, 6) is 0. The first-order chi connectivity index (χ1) is 14.5. The fourth-order valence-corrected chi connectivity index (χ4v) is 4.27. The van der Waals surface area contributed by atoms with Gasteiger partial charge in [0.05, 0.1) is 0 Å². The molecule has 0 saturated carbocycles. The molecule has 0 heterocycles. The van der Waals surface area contributed by atoms with Gasteiger partial charge in [0, 0.05) is 0 Å². The monoisotopic (exact) mass is 390 g/mol. The lowest BCUT2D eigenvalue weighted by atomic mass is 9.86. The molecule has 0 radical (unpaired) electrons. The van der Waals surface area contributed by atoms with Crippen molar-refractivity contribution in [2.45, 2.75) is 40.5 Å². The van der Waals surface area contributed by atoms with Gasteiger partial charge >= 0.3 is 0 Å². The van der Waals surface area contributed by atoms with Crippen molar-refractivity contribution in [3.05, 3.63) is 129 Å². The molecule has 0 aliphatic rings. The zero-order valence-corrected chi connectivity index (χ0v) is 18.5. The molecule has 4 aromatic rings. The maximum Gasteiger partial charge on any atom is -0.00140 e. The molecule has 30 heavy (non-hydrogen) atoms. The van der Waals surface area contributed by atoms with Crippen LogP contribution in [0.4, 0.5) is 0 Å². The molecule has 4 aromatic carbocycles. The number of rotatable bonds is 5. The molecule has 0 heteroatoms. The number of hydrogen-bond acceptors (Lipinski definition) is 0. The zero-order chi connectivity index (χ0) is 21.1. The van der Waals surface area contributed by atoms with Gasteiger partial charge in [0.25, 0.3) is 0 Å². The van der Waals surface area contributed by atoms with E-state index in [0.29, 0.717) is 0 Å². The highest BCUT2D eigenvalue weighted by molar-refractivity contribution is 5.70. The van der Waals surface area contributed by atoms with Gasteiger partial charge in [-0.2, -0.15) is 0 Å². The normalized spacial score (nSPS) is 10.9. The minimum absolute atomic E-state index is 0.957. The second-order valence-electron chi connectivity index (χ2n) is 8.52. The van der Waals surface area contributed by atoms with E-state index in [1.807, 2.05) is 0 Å². The first kappa shape index (κ1) is 20.2. The van der Waals surface area contributed by atoms with Crippen molar-refractivity contribution < 1.29 is 0 Å². The van der Waals surface area contributed by atoms with Gasteiger partial charge in [-0.05, 0) is 85.0 Å². The maximum atomic E-state index is 2.35. The molecular weight excluding hydrogens is 360 g/mol. The van der Waals surface area contributed by atoms with Crippen LogP contribution in [0.2, 0.25) is 0 Å². The van der Waals surface area contributed by atoms with E-state index in [1.165, 1.54) is 55.6 Å². The summed E-state index contributed by atoms with van der Waals surface area (Å²) in [5.41, 5.74) is 13.7. The molecule has 0 nitrogen and oxygen atoms in total. The van der Waals surface area contributed by atoms with E-state index >= 15 is 0 Å². The molecule has 0 spiro atoms. The minimum atomic E-state index is 0.957. The molecule has 150 valence electrons. The van der Waals surface area contributed by atoms with Crippen molar-refractivity contribution in [3.63, 3.8) is 0 Å². The summed E-state index contributed by atoms with van der Waals surface area (Å²) in [6, 6.07) is 31.2. The Morgan fingerprint density at radius 1 is 0.500 bits per heavy atom. The summed E-state index contributed by atoms with van der Waals surface area (Å²) in [6.07, 6.45) is 1.92. The summed E-state index contributed by atoms with van der Waals surface area (Å²) in [5, 5.41) is 0. The molecule has 0 fully saturated rings. The predicted molar refractivity (Wildman–Crippen MR) is 129 cm³/mol. The second-order valence-corrected chi connectivity index (χ2v) is 8.52. The van der Waals surface area contributed by atoms with Crippen LogP contribution in [-0.4, -0.2) is 0 Å². The lowest BCUT2D eigenvalue weighted by Crippen LogP contribution is -2.03. The van der Waals surface area contributed by atoms with Gasteiger partial charge in [-0.25, -0.2) is 0 Å². The number of benzene rings is 4. The highest BCUT2D eigenvalue weighted by Crippen LogP contribution is 2.31. The summed E-state index contributed by atoms with van der Waals surface area (Å²) >= 11 is 0. The summed E-state index contributed by atoms with van der Waals surface area (Å²) < 4.78 is 0. The van der Waals surface area contributed by atoms with Crippen LogP contribution in [-0.2, 0) is 12.8 Å². The van der Waals surface area contributed by atoms with Crippen LogP contribution in [0.1, 0.15) is 44.5 Å². The van der Waals surface area contributed by atoms with Gasteiger partial charge < -0.3 is 0 Å². The molecule has 4 rings (SSSR count). The molecule has 0 aliphatic carbocycles. The SMILES string of the molecule is Cc1ccc(C)c(Cc2cccc(-c3ccccc3)c2Cc2cc(C)ccc2C)c1. The second kappa shape index (κ2) is 8.71. The minimum Gasteiger partial charge on any atom is -0.0622 e. The van der Waals surface area contributed by atoms with Crippen molar-refractivity contribution in [1.82, 2.24) is 0 Å². The van der Waals surface area contributed by atoms with Crippen LogP contribution in [0.5, 0.6) is 0 Å². The van der Waals surface area contributed by atoms with Crippen LogP contribution in [0.15, 0.2) is 84.9 Å². The number of aryl methyl sites for hydroxylation is 4. The third-order valence-electron chi connectivity index (χ3n) is 6.12. The van der Waals surface area contributed by atoms with Crippen molar-refractivity contribution in [2.24, 2.45) is 0 Å². The van der Waals surface area contributed by atoms with Crippen molar-refractivity contribution >= 4 is 0 Å². The first-order valence-electron chi connectivity index (χ1n) is 10.8. The van der Waals surface area contributed by atoms with Gasteiger partial charge in [-0.3, -0.25) is 0 Å². The summed E-state index contributed by atoms with van der Waals surface area (Å²) in [7, 11) is 0. The molecule has 0 unspecified atom stereocenters.